The van der Waals surface area contributed by atoms with Gasteiger partial charge in [0, 0.05) is 14.2 Å². The summed E-state index contributed by atoms with van der Waals surface area (Å²) in [4.78, 5) is 12.5. The Kier molecular flexibility index (Phi) is 8.98. The van der Waals surface area contributed by atoms with Crippen molar-refractivity contribution in [3.05, 3.63) is 42.5 Å². The zero-order valence-corrected chi connectivity index (χ0v) is 21.1. The highest BCUT2D eigenvalue weighted by Gasteiger charge is 2.32. The minimum absolute atomic E-state index is 0.168. The third-order valence-electron chi connectivity index (χ3n) is 5.25. The van der Waals surface area contributed by atoms with Crippen LogP contribution in [-0.4, -0.2) is 58.5 Å². The van der Waals surface area contributed by atoms with E-state index in [9.17, 15) is 4.57 Å². The van der Waals surface area contributed by atoms with E-state index in [1.807, 2.05) is 36.6 Å². The smallest absolute Gasteiger partial charge is 0.342 e. The van der Waals surface area contributed by atoms with Crippen molar-refractivity contribution in [2.75, 3.05) is 26.3 Å². The number of anilines is 1. The Morgan fingerprint density at radius 3 is 2.65 bits per heavy atom. The number of imidazole rings is 1. The van der Waals surface area contributed by atoms with E-state index in [1.54, 1.807) is 19.3 Å². The fourth-order valence-corrected chi connectivity index (χ4v) is 5.37. The minimum atomic E-state index is -3.51. The molecule has 0 aliphatic heterocycles. The number of hydrogen-bond acceptors (Lipinski definition) is 9. The Morgan fingerprint density at radius 1 is 1.18 bits per heavy atom. The monoisotopic (exact) mass is 492 g/mol. The molecular weight excluding hydrogens is 459 g/mol. The summed E-state index contributed by atoms with van der Waals surface area (Å²) in [5.74, 6) is 0.811. The van der Waals surface area contributed by atoms with Crippen LogP contribution in [0.15, 0.2) is 36.9 Å². The van der Waals surface area contributed by atoms with Crippen molar-refractivity contribution in [3.63, 3.8) is 0 Å². The van der Waals surface area contributed by atoms with Crippen LogP contribution in [0.3, 0.4) is 0 Å². The van der Waals surface area contributed by atoms with Gasteiger partial charge in [-0.25, -0.2) is 20.0 Å². The predicted molar refractivity (Wildman–Crippen MR) is 130 cm³/mol. The van der Waals surface area contributed by atoms with Crippen LogP contribution >= 0.6 is 7.52 Å². The van der Waals surface area contributed by atoms with Crippen LogP contribution in [0.4, 0.5) is 5.82 Å². The third-order valence-corrected chi connectivity index (χ3v) is 7.04. The second-order valence-electron chi connectivity index (χ2n) is 7.96. The third kappa shape index (κ3) is 6.52. The molecule has 0 saturated heterocycles. The minimum Gasteiger partial charge on any atom is -0.431 e. The Morgan fingerprint density at radius 2 is 1.94 bits per heavy atom. The average Bonchev–Trinajstić information content (AvgIpc) is 3.22. The molecule has 2 aromatic heterocycles. The average molecular weight is 493 g/mol. The number of methoxy groups -OCH3 is 2. The Hall–Kier alpha value is -2.56. The number of fused-ring (bicyclic) bond motifs is 1. The molecule has 3 rings (SSSR count). The molecule has 0 radical (unpaired) electrons. The second kappa shape index (κ2) is 11.7. The molecule has 0 saturated carbocycles. The van der Waals surface area contributed by atoms with Crippen LogP contribution in [0, 0.1) is 0 Å². The molecular formula is C22H33N6O5P. The first-order valence-electron chi connectivity index (χ1n) is 11.0. The molecule has 3 aromatic rings. The van der Waals surface area contributed by atoms with Gasteiger partial charge in [-0.2, -0.15) is 0 Å². The van der Waals surface area contributed by atoms with Gasteiger partial charge in [-0.15, -0.1) is 0 Å². The van der Waals surface area contributed by atoms with Crippen LogP contribution in [0.25, 0.3) is 11.2 Å². The van der Waals surface area contributed by atoms with E-state index in [0.717, 1.165) is 12.0 Å². The molecule has 34 heavy (non-hydrogen) atoms. The molecule has 2 heterocycles. The predicted octanol–water partition coefficient (Wildman–Crippen LogP) is 3.20. The summed E-state index contributed by atoms with van der Waals surface area (Å²) in [6.45, 7) is 6.15. The largest absolute Gasteiger partial charge is 0.431 e. The molecule has 12 heteroatoms. The van der Waals surface area contributed by atoms with E-state index in [-0.39, 0.29) is 12.5 Å². The van der Waals surface area contributed by atoms with Gasteiger partial charge in [0.15, 0.2) is 17.8 Å². The number of nitrogens with one attached hydrogen (secondary N) is 1. The molecule has 186 valence electrons. The van der Waals surface area contributed by atoms with Crippen LogP contribution in [0.5, 0.6) is 5.75 Å². The molecule has 3 atom stereocenters. The number of benzene rings is 1. The maximum atomic E-state index is 13.9. The lowest BCUT2D eigenvalue weighted by Gasteiger charge is -2.28. The topological polar surface area (TPSA) is 136 Å². The number of nitrogen functional groups attached to an aromatic ring is 1. The fourth-order valence-electron chi connectivity index (χ4n) is 3.55. The SMILES string of the molecule is CCc1cccc(OP(=O)(CO[C@H](C)Cn2cnc3c(N)ncnc32)N[C@@H](C)C(OC)OC)c1. The van der Waals surface area contributed by atoms with Gasteiger partial charge in [0.25, 0.3) is 0 Å². The summed E-state index contributed by atoms with van der Waals surface area (Å²) in [5.41, 5.74) is 8.07. The Balaban J connectivity index is 1.74. The normalized spacial score (nSPS) is 15.4. The Bertz CT molecular complexity index is 1120. The van der Waals surface area contributed by atoms with Crippen molar-refractivity contribution in [2.45, 2.75) is 52.2 Å². The number of aryl methyl sites for hydroxylation is 1. The van der Waals surface area contributed by atoms with Crippen molar-refractivity contribution < 1.29 is 23.3 Å². The molecule has 0 fully saturated rings. The van der Waals surface area contributed by atoms with Crippen LogP contribution in [0.1, 0.15) is 26.3 Å². The summed E-state index contributed by atoms with van der Waals surface area (Å²) in [7, 11) is -0.468. The highest BCUT2D eigenvalue weighted by atomic mass is 31.2. The summed E-state index contributed by atoms with van der Waals surface area (Å²) in [6, 6.07) is 7.08. The van der Waals surface area contributed by atoms with Gasteiger partial charge in [-0.1, -0.05) is 19.1 Å². The molecule has 0 spiro atoms. The molecule has 11 nitrogen and oxygen atoms in total. The van der Waals surface area contributed by atoms with E-state index >= 15 is 0 Å². The first-order valence-corrected chi connectivity index (χ1v) is 12.8. The van der Waals surface area contributed by atoms with Crippen LogP contribution < -0.4 is 15.3 Å². The van der Waals surface area contributed by atoms with Gasteiger partial charge in [0.2, 0.25) is 0 Å². The molecule has 0 amide bonds. The number of nitrogens with two attached hydrogens (primary N) is 1. The number of rotatable bonds is 13. The van der Waals surface area contributed by atoms with Crippen molar-refractivity contribution in [3.8, 4) is 5.75 Å². The van der Waals surface area contributed by atoms with Crippen molar-refractivity contribution in [2.24, 2.45) is 0 Å². The molecule has 1 unspecified atom stereocenters. The maximum absolute atomic E-state index is 13.9. The van der Waals surface area contributed by atoms with Crippen molar-refractivity contribution in [1.29, 1.82) is 0 Å². The molecule has 0 aliphatic carbocycles. The van der Waals surface area contributed by atoms with E-state index in [4.69, 9.17) is 24.5 Å². The van der Waals surface area contributed by atoms with E-state index in [2.05, 4.69) is 20.0 Å². The zero-order chi connectivity index (χ0) is 24.7. The highest BCUT2D eigenvalue weighted by molar-refractivity contribution is 7.57. The molecule has 3 N–H and O–H groups in total. The van der Waals surface area contributed by atoms with Gasteiger partial charge < -0.3 is 29.0 Å². The lowest BCUT2D eigenvalue weighted by atomic mass is 10.2. The lowest BCUT2D eigenvalue weighted by Crippen LogP contribution is -2.39. The van der Waals surface area contributed by atoms with Gasteiger partial charge in [0.05, 0.1) is 25.0 Å². The molecule has 0 aliphatic rings. The molecule has 1 aromatic carbocycles. The summed E-state index contributed by atoms with van der Waals surface area (Å²) in [6.07, 6.45) is 2.74. The number of nitrogens with zero attached hydrogens (tertiary/aromatic N) is 4. The maximum Gasteiger partial charge on any atom is 0.342 e. The van der Waals surface area contributed by atoms with Gasteiger partial charge in [-0.3, -0.25) is 4.57 Å². The van der Waals surface area contributed by atoms with Gasteiger partial charge in [0.1, 0.15) is 23.9 Å². The van der Waals surface area contributed by atoms with Gasteiger partial charge >= 0.3 is 7.52 Å². The lowest BCUT2D eigenvalue weighted by molar-refractivity contribution is -0.116. The fraction of sp³-hybridized carbons (Fsp3) is 0.500. The quantitative estimate of drug-likeness (QED) is 0.270. The number of ether oxygens (including phenoxy) is 3. The number of hydrogen-bond donors (Lipinski definition) is 2. The first kappa shape index (κ1) is 26.1. The highest BCUT2D eigenvalue weighted by Crippen LogP contribution is 2.44. The van der Waals surface area contributed by atoms with E-state index in [1.165, 1.54) is 20.5 Å². The van der Waals surface area contributed by atoms with Gasteiger partial charge in [-0.05, 0) is 38.0 Å². The Labute approximate surface area is 199 Å². The van der Waals surface area contributed by atoms with E-state index in [0.29, 0.717) is 29.3 Å². The summed E-state index contributed by atoms with van der Waals surface area (Å²) < 4.78 is 38.3. The second-order valence-corrected chi connectivity index (χ2v) is 10.0. The number of aromatic nitrogens is 4. The summed E-state index contributed by atoms with van der Waals surface area (Å²) >= 11 is 0. The summed E-state index contributed by atoms with van der Waals surface area (Å²) in [5, 5.41) is 3.03. The van der Waals surface area contributed by atoms with Crippen LogP contribution in [0.2, 0.25) is 0 Å². The molecule has 0 bridgehead atoms. The van der Waals surface area contributed by atoms with Crippen molar-refractivity contribution >= 4 is 24.5 Å². The first-order chi connectivity index (χ1) is 16.3. The zero-order valence-electron chi connectivity index (χ0n) is 20.2. The van der Waals surface area contributed by atoms with E-state index < -0.39 is 19.9 Å². The standard InChI is InChI=1S/C22H33N6O5P/c1-6-17-8-7-9-18(10-17)33-34(29,27-16(3)22(30-4)31-5)14-32-15(2)11-28-13-26-19-20(23)24-12-25-21(19)28/h7-10,12-13,15-16,22H,6,11,14H2,1-5H3,(H,27,29)(H2,23,24,25)/t15-,16+,34?/m1/s1. The van der Waals surface area contributed by atoms with Crippen molar-refractivity contribution in [1.82, 2.24) is 24.6 Å². The van der Waals surface area contributed by atoms with Crippen LogP contribution in [-0.2, 0) is 31.7 Å².